The number of fused-ring (bicyclic) bond motifs is 1. The summed E-state index contributed by atoms with van der Waals surface area (Å²) in [7, 11) is 0. The van der Waals surface area contributed by atoms with Crippen molar-refractivity contribution in [2.45, 2.75) is 32.9 Å². The maximum atomic E-state index is 10.2. The van der Waals surface area contributed by atoms with Crippen LogP contribution in [0.4, 0.5) is 5.95 Å². The highest BCUT2D eigenvalue weighted by Crippen LogP contribution is 2.28. The molecule has 3 aromatic heterocycles. The summed E-state index contributed by atoms with van der Waals surface area (Å²) in [6.07, 6.45) is 1.81. The lowest BCUT2D eigenvalue weighted by molar-refractivity contribution is 0.0736. The van der Waals surface area contributed by atoms with Gasteiger partial charge in [-0.05, 0) is 44.5 Å². The summed E-state index contributed by atoms with van der Waals surface area (Å²) in [6.45, 7) is 5.84. The molecule has 0 amide bonds. The van der Waals surface area contributed by atoms with Crippen LogP contribution in [-0.4, -0.2) is 35.1 Å². The molecule has 142 valence electrons. The second-order valence-electron chi connectivity index (χ2n) is 7.27. The second-order valence-corrected chi connectivity index (χ2v) is 7.27. The molecule has 0 unspecified atom stereocenters. The number of hydrogen-bond acceptors (Lipinski definition) is 7. The van der Waals surface area contributed by atoms with Gasteiger partial charge in [-0.3, -0.25) is 4.98 Å². The van der Waals surface area contributed by atoms with Crippen molar-refractivity contribution >= 4 is 16.9 Å². The van der Waals surface area contributed by atoms with Crippen molar-refractivity contribution < 1.29 is 5.11 Å². The average Bonchev–Trinajstić information content (AvgIpc) is 3.09. The molecule has 0 bridgehead atoms. The van der Waals surface area contributed by atoms with Gasteiger partial charge in [-0.15, -0.1) is 5.10 Å². The summed E-state index contributed by atoms with van der Waals surface area (Å²) in [5.41, 5.74) is 9.36. The van der Waals surface area contributed by atoms with Gasteiger partial charge in [0.2, 0.25) is 5.95 Å². The number of benzene rings is 1. The third-order valence-corrected chi connectivity index (χ3v) is 4.49. The second kappa shape index (κ2) is 6.65. The van der Waals surface area contributed by atoms with Gasteiger partial charge in [-0.1, -0.05) is 23.4 Å². The van der Waals surface area contributed by atoms with E-state index in [0.717, 1.165) is 22.2 Å². The first kappa shape index (κ1) is 18.0. The van der Waals surface area contributed by atoms with E-state index in [1.807, 2.05) is 43.5 Å². The van der Waals surface area contributed by atoms with Gasteiger partial charge in [0.25, 0.3) is 0 Å². The van der Waals surface area contributed by atoms with E-state index in [0.29, 0.717) is 23.6 Å². The molecule has 8 nitrogen and oxygen atoms in total. The molecule has 0 saturated heterocycles. The van der Waals surface area contributed by atoms with Gasteiger partial charge in [-0.25, -0.2) is 14.6 Å². The summed E-state index contributed by atoms with van der Waals surface area (Å²) in [4.78, 5) is 13.2. The standard InChI is InChI=1S/C20H21N7O/c1-12-6-4-8-14-17(12)18(24-19(21)23-14)15-11-27(26-25-15)10-13-7-5-9-16(22-13)20(2,3)28/h4-9,11,28H,10H2,1-3H3,(H2,21,23,24). The van der Waals surface area contributed by atoms with Crippen molar-refractivity contribution in [2.75, 3.05) is 5.73 Å². The molecule has 0 saturated carbocycles. The lowest BCUT2D eigenvalue weighted by Crippen LogP contribution is -2.18. The number of nitrogen functional groups attached to an aromatic ring is 1. The molecule has 0 aliphatic heterocycles. The van der Waals surface area contributed by atoms with E-state index in [-0.39, 0.29) is 5.95 Å². The molecule has 3 N–H and O–H groups in total. The first-order valence-corrected chi connectivity index (χ1v) is 8.93. The number of nitrogens with zero attached hydrogens (tertiary/aromatic N) is 6. The Morgan fingerprint density at radius 1 is 1.07 bits per heavy atom. The highest BCUT2D eigenvalue weighted by molar-refractivity contribution is 5.94. The zero-order chi connectivity index (χ0) is 19.9. The van der Waals surface area contributed by atoms with Crippen LogP contribution in [0, 0.1) is 6.92 Å². The highest BCUT2D eigenvalue weighted by atomic mass is 16.3. The van der Waals surface area contributed by atoms with E-state index in [9.17, 15) is 5.11 Å². The van der Waals surface area contributed by atoms with Crippen molar-refractivity contribution in [2.24, 2.45) is 0 Å². The molecule has 0 aliphatic rings. The lowest BCUT2D eigenvalue weighted by atomic mass is 10.0. The molecular formula is C20H21N7O. The predicted octanol–water partition coefficient (Wildman–Crippen LogP) is 2.45. The minimum atomic E-state index is -1.00. The van der Waals surface area contributed by atoms with Crippen molar-refractivity contribution in [3.05, 3.63) is 59.5 Å². The maximum Gasteiger partial charge on any atom is 0.221 e. The van der Waals surface area contributed by atoms with Crippen molar-refractivity contribution in [1.82, 2.24) is 29.9 Å². The van der Waals surface area contributed by atoms with Crippen LogP contribution in [0.3, 0.4) is 0 Å². The maximum absolute atomic E-state index is 10.2. The average molecular weight is 375 g/mol. The SMILES string of the molecule is Cc1cccc2nc(N)nc(-c3cn(Cc4cccc(C(C)(C)O)n4)nn3)c12. The number of nitrogens with two attached hydrogens (primary N) is 1. The minimum absolute atomic E-state index is 0.196. The Morgan fingerprint density at radius 2 is 1.86 bits per heavy atom. The number of hydrogen-bond donors (Lipinski definition) is 2. The Hall–Kier alpha value is -3.39. The van der Waals surface area contributed by atoms with E-state index in [1.54, 1.807) is 24.6 Å². The summed E-state index contributed by atoms with van der Waals surface area (Å²) in [5, 5.41) is 19.6. The fourth-order valence-electron chi connectivity index (χ4n) is 3.12. The quantitative estimate of drug-likeness (QED) is 0.563. The predicted molar refractivity (Wildman–Crippen MR) is 106 cm³/mol. The Kier molecular flexibility index (Phi) is 4.27. The number of pyridine rings is 1. The first-order valence-electron chi connectivity index (χ1n) is 8.93. The molecule has 0 fully saturated rings. The van der Waals surface area contributed by atoms with Gasteiger partial charge in [0.05, 0.1) is 29.6 Å². The van der Waals surface area contributed by atoms with E-state index < -0.39 is 5.60 Å². The molecule has 0 spiro atoms. The molecule has 28 heavy (non-hydrogen) atoms. The van der Waals surface area contributed by atoms with E-state index in [1.165, 1.54) is 0 Å². The van der Waals surface area contributed by atoms with Crippen LogP contribution >= 0.6 is 0 Å². The zero-order valence-electron chi connectivity index (χ0n) is 16.0. The first-order chi connectivity index (χ1) is 13.3. The number of aryl methyl sites for hydroxylation is 1. The van der Waals surface area contributed by atoms with Crippen LogP contribution in [0.25, 0.3) is 22.3 Å². The van der Waals surface area contributed by atoms with Crippen molar-refractivity contribution in [1.29, 1.82) is 0 Å². The molecular weight excluding hydrogens is 354 g/mol. The molecule has 4 aromatic rings. The molecule has 0 atom stereocenters. The highest BCUT2D eigenvalue weighted by Gasteiger charge is 2.18. The van der Waals surface area contributed by atoms with Crippen molar-refractivity contribution in [3.63, 3.8) is 0 Å². The third kappa shape index (κ3) is 3.41. The monoisotopic (exact) mass is 375 g/mol. The molecule has 3 heterocycles. The number of anilines is 1. The molecule has 0 aliphatic carbocycles. The Labute approximate surface area is 162 Å². The van der Waals surface area contributed by atoms with Gasteiger partial charge >= 0.3 is 0 Å². The van der Waals surface area contributed by atoms with Crippen LogP contribution in [-0.2, 0) is 12.1 Å². The lowest BCUT2D eigenvalue weighted by Gasteiger charge is -2.17. The van der Waals surface area contributed by atoms with Crippen LogP contribution in [0.5, 0.6) is 0 Å². The Morgan fingerprint density at radius 3 is 2.64 bits per heavy atom. The Bertz CT molecular complexity index is 1160. The normalized spacial score (nSPS) is 11.9. The summed E-state index contributed by atoms with van der Waals surface area (Å²) < 4.78 is 1.69. The summed E-state index contributed by atoms with van der Waals surface area (Å²) in [6, 6.07) is 11.4. The number of aromatic nitrogens is 6. The van der Waals surface area contributed by atoms with Gasteiger partial charge in [0, 0.05) is 5.39 Å². The topological polar surface area (TPSA) is 116 Å². The molecule has 0 radical (unpaired) electrons. The van der Waals surface area contributed by atoms with Crippen LogP contribution < -0.4 is 5.73 Å². The van der Waals surface area contributed by atoms with Gasteiger partial charge in [0.15, 0.2) is 0 Å². The molecule has 1 aromatic carbocycles. The summed E-state index contributed by atoms with van der Waals surface area (Å²) >= 11 is 0. The van der Waals surface area contributed by atoms with E-state index >= 15 is 0 Å². The number of aliphatic hydroxyl groups is 1. The van der Waals surface area contributed by atoms with Crippen LogP contribution in [0.1, 0.15) is 30.8 Å². The minimum Gasteiger partial charge on any atom is -0.384 e. The van der Waals surface area contributed by atoms with Crippen LogP contribution in [0.2, 0.25) is 0 Å². The smallest absolute Gasteiger partial charge is 0.221 e. The zero-order valence-corrected chi connectivity index (χ0v) is 16.0. The third-order valence-electron chi connectivity index (χ3n) is 4.49. The van der Waals surface area contributed by atoms with Gasteiger partial charge in [0.1, 0.15) is 17.0 Å². The fourth-order valence-corrected chi connectivity index (χ4v) is 3.12. The Balaban J connectivity index is 1.71. The van der Waals surface area contributed by atoms with Crippen LogP contribution in [0.15, 0.2) is 42.6 Å². The molecule has 4 rings (SSSR count). The number of rotatable bonds is 4. The summed E-state index contributed by atoms with van der Waals surface area (Å²) in [5.74, 6) is 0.196. The van der Waals surface area contributed by atoms with Gasteiger partial charge in [-0.2, -0.15) is 0 Å². The molecule has 8 heteroatoms. The van der Waals surface area contributed by atoms with E-state index in [2.05, 4.69) is 25.3 Å². The largest absolute Gasteiger partial charge is 0.384 e. The van der Waals surface area contributed by atoms with E-state index in [4.69, 9.17) is 5.73 Å². The fraction of sp³-hybridized carbons (Fsp3) is 0.250. The van der Waals surface area contributed by atoms with Gasteiger partial charge < -0.3 is 10.8 Å². The van der Waals surface area contributed by atoms with Crippen molar-refractivity contribution in [3.8, 4) is 11.4 Å².